The number of hydrogen-bond acceptors (Lipinski definition) is 4. The summed E-state index contributed by atoms with van der Waals surface area (Å²) in [5.41, 5.74) is 4.64. The van der Waals surface area contributed by atoms with Crippen LogP contribution in [0, 0.1) is 0 Å². The van der Waals surface area contributed by atoms with Gasteiger partial charge in [-0.1, -0.05) is 6.07 Å². The number of carbonyl (C=O) groups excluding carboxylic acids is 1. The van der Waals surface area contributed by atoms with E-state index >= 15 is 0 Å². The third-order valence-corrected chi connectivity index (χ3v) is 5.43. The molecule has 0 atom stereocenters. The van der Waals surface area contributed by atoms with Crippen LogP contribution in [-0.4, -0.2) is 36.9 Å². The molecule has 0 spiro atoms. The van der Waals surface area contributed by atoms with E-state index < -0.39 is 0 Å². The van der Waals surface area contributed by atoms with Crippen molar-refractivity contribution in [3.63, 3.8) is 0 Å². The Balaban J connectivity index is 1.51. The molecule has 0 aromatic carbocycles. The number of amides is 1. The molecule has 0 bridgehead atoms. The number of nitrogens with zero attached hydrogens (tertiary/aromatic N) is 4. The Bertz CT molecular complexity index is 1080. The number of nitrogens with one attached hydrogen (secondary N) is 1. The van der Waals surface area contributed by atoms with Gasteiger partial charge in [-0.2, -0.15) is 5.10 Å². The standard InChI is InChI=1S/C19H19N5O2/c25-18-13-11-23(10-8-14(13)20-16-7-3-4-9-24(16)18)19(26)17-12-5-1-2-6-15(12)21-22-17/h3-4,7,9H,1-2,5-6,8,10-11H2,(H,21,22). The van der Waals surface area contributed by atoms with Crippen LogP contribution >= 0.6 is 0 Å². The van der Waals surface area contributed by atoms with Crippen LogP contribution in [0.4, 0.5) is 0 Å². The largest absolute Gasteiger partial charge is 0.332 e. The van der Waals surface area contributed by atoms with Gasteiger partial charge in [-0.3, -0.25) is 19.1 Å². The number of aryl methyl sites for hydroxylation is 1. The molecular weight excluding hydrogens is 330 g/mol. The molecule has 26 heavy (non-hydrogen) atoms. The number of aromatic amines is 1. The summed E-state index contributed by atoms with van der Waals surface area (Å²) in [6, 6.07) is 5.51. The third kappa shape index (κ3) is 2.27. The quantitative estimate of drug-likeness (QED) is 0.722. The maximum absolute atomic E-state index is 13.0. The Kier molecular flexibility index (Phi) is 3.41. The summed E-state index contributed by atoms with van der Waals surface area (Å²) < 4.78 is 1.54. The van der Waals surface area contributed by atoms with E-state index in [-0.39, 0.29) is 11.5 Å². The van der Waals surface area contributed by atoms with Crippen molar-refractivity contribution in [3.05, 3.63) is 63.0 Å². The topological polar surface area (TPSA) is 83.4 Å². The van der Waals surface area contributed by atoms with Gasteiger partial charge in [0.05, 0.1) is 17.8 Å². The second-order valence-corrected chi connectivity index (χ2v) is 6.98. The minimum atomic E-state index is -0.0906. The zero-order valence-electron chi connectivity index (χ0n) is 14.4. The highest BCUT2D eigenvalue weighted by Crippen LogP contribution is 2.24. The highest BCUT2D eigenvalue weighted by Gasteiger charge is 2.29. The summed E-state index contributed by atoms with van der Waals surface area (Å²) >= 11 is 0. The molecule has 7 nitrogen and oxygen atoms in total. The zero-order valence-corrected chi connectivity index (χ0v) is 14.4. The predicted molar refractivity (Wildman–Crippen MR) is 95.1 cm³/mol. The summed E-state index contributed by atoms with van der Waals surface area (Å²) in [5.74, 6) is -0.0902. The monoisotopic (exact) mass is 349 g/mol. The molecule has 0 unspecified atom stereocenters. The van der Waals surface area contributed by atoms with Gasteiger partial charge in [0.1, 0.15) is 5.65 Å². The number of fused-ring (bicyclic) bond motifs is 3. The Morgan fingerprint density at radius 1 is 1.12 bits per heavy atom. The SMILES string of the molecule is O=C(c1n[nH]c2c1CCCC2)N1CCc2nc3ccccn3c(=O)c2C1. The fraction of sp³-hybridized carbons (Fsp3) is 0.368. The molecule has 1 aliphatic heterocycles. The lowest BCUT2D eigenvalue weighted by atomic mass is 9.95. The maximum atomic E-state index is 13.0. The first kappa shape index (κ1) is 15.3. The van der Waals surface area contributed by atoms with Crippen molar-refractivity contribution in [3.8, 4) is 0 Å². The van der Waals surface area contributed by atoms with Crippen molar-refractivity contribution >= 4 is 11.6 Å². The second kappa shape index (κ2) is 5.79. The predicted octanol–water partition coefficient (Wildman–Crippen LogP) is 1.49. The number of carbonyl (C=O) groups is 1. The van der Waals surface area contributed by atoms with Gasteiger partial charge in [-0.05, 0) is 37.8 Å². The first-order valence-electron chi connectivity index (χ1n) is 9.07. The first-order valence-corrected chi connectivity index (χ1v) is 9.07. The van der Waals surface area contributed by atoms with Crippen LogP contribution in [0.5, 0.6) is 0 Å². The van der Waals surface area contributed by atoms with Crippen LogP contribution < -0.4 is 5.56 Å². The Labute approximate surface area is 149 Å². The van der Waals surface area contributed by atoms with E-state index in [1.54, 1.807) is 15.5 Å². The van der Waals surface area contributed by atoms with E-state index in [0.29, 0.717) is 36.4 Å². The third-order valence-electron chi connectivity index (χ3n) is 5.43. The normalized spacial score (nSPS) is 16.4. The van der Waals surface area contributed by atoms with Crippen LogP contribution in [0.25, 0.3) is 5.65 Å². The lowest BCUT2D eigenvalue weighted by molar-refractivity contribution is 0.0725. The highest BCUT2D eigenvalue weighted by atomic mass is 16.2. The number of pyridine rings is 1. The van der Waals surface area contributed by atoms with Gasteiger partial charge < -0.3 is 4.90 Å². The molecule has 0 saturated carbocycles. The van der Waals surface area contributed by atoms with Crippen molar-refractivity contribution in [1.82, 2.24) is 24.5 Å². The minimum absolute atomic E-state index is 0.0902. The molecule has 0 saturated heterocycles. The molecular formula is C19H19N5O2. The Morgan fingerprint density at radius 3 is 2.92 bits per heavy atom. The Morgan fingerprint density at radius 2 is 2.00 bits per heavy atom. The molecule has 3 aromatic heterocycles. The van der Waals surface area contributed by atoms with Gasteiger partial charge >= 0.3 is 0 Å². The zero-order chi connectivity index (χ0) is 17.7. The van der Waals surface area contributed by atoms with Crippen molar-refractivity contribution in [1.29, 1.82) is 0 Å². The lowest BCUT2D eigenvalue weighted by Crippen LogP contribution is -2.40. The summed E-state index contributed by atoms with van der Waals surface area (Å²) in [5, 5.41) is 7.31. The van der Waals surface area contributed by atoms with Crippen LogP contribution in [-0.2, 0) is 25.8 Å². The molecule has 1 amide bonds. The maximum Gasteiger partial charge on any atom is 0.274 e. The van der Waals surface area contributed by atoms with E-state index in [9.17, 15) is 9.59 Å². The van der Waals surface area contributed by atoms with Gasteiger partial charge in [-0.25, -0.2) is 4.98 Å². The fourth-order valence-corrected chi connectivity index (χ4v) is 4.03. The molecule has 2 aliphatic rings. The number of rotatable bonds is 1. The molecule has 5 rings (SSSR count). The minimum Gasteiger partial charge on any atom is -0.332 e. The first-order chi connectivity index (χ1) is 12.7. The van der Waals surface area contributed by atoms with Crippen molar-refractivity contribution in [2.24, 2.45) is 0 Å². The average Bonchev–Trinajstić information content (AvgIpc) is 3.12. The van der Waals surface area contributed by atoms with E-state index in [0.717, 1.165) is 42.6 Å². The molecule has 132 valence electrons. The van der Waals surface area contributed by atoms with Crippen LogP contribution in [0.15, 0.2) is 29.2 Å². The van der Waals surface area contributed by atoms with Crippen molar-refractivity contribution in [2.45, 2.75) is 38.6 Å². The number of aromatic nitrogens is 4. The summed E-state index contributed by atoms with van der Waals surface area (Å²) in [6.45, 7) is 0.850. The molecule has 0 radical (unpaired) electrons. The van der Waals surface area contributed by atoms with Gasteiger partial charge in [0.2, 0.25) is 0 Å². The van der Waals surface area contributed by atoms with Crippen LogP contribution in [0.3, 0.4) is 0 Å². The lowest BCUT2D eigenvalue weighted by Gasteiger charge is -2.28. The summed E-state index contributed by atoms with van der Waals surface area (Å²) in [6.07, 6.45) is 6.38. The average molecular weight is 349 g/mol. The highest BCUT2D eigenvalue weighted by molar-refractivity contribution is 5.94. The van der Waals surface area contributed by atoms with Gasteiger partial charge in [0.25, 0.3) is 11.5 Å². The van der Waals surface area contributed by atoms with Gasteiger partial charge in [0, 0.05) is 30.4 Å². The van der Waals surface area contributed by atoms with Crippen LogP contribution in [0.1, 0.15) is 45.8 Å². The summed E-state index contributed by atoms with van der Waals surface area (Å²) in [4.78, 5) is 32.2. The number of H-pyrrole nitrogens is 1. The molecule has 4 heterocycles. The van der Waals surface area contributed by atoms with Crippen molar-refractivity contribution < 1.29 is 4.79 Å². The van der Waals surface area contributed by atoms with E-state index in [4.69, 9.17) is 0 Å². The van der Waals surface area contributed by atoms with Gasteiger partial charge in [0.15, 0.2) is 5.69 Å². The van der Waals surface area contributed by atoms with E-state index in [1.165, 1.54) is 0 Å². The second-order valence-electron chi connectivity index (χ2n) is 6.98. The molecule has 7 heteroatoms. The van der Waals surface area contributed by atoms with Crippen LogP contribution in [0.2, 0.25) is 0 Å². The smallest absolute Gasteiger partial charge is 0.274 e. The summed E-state index contributed by atoms with van der Waals surface area (Å²) in [7, 11) is 0. The fourth-order valence-electron chi connectivity index (χ4n) is 4.03. The molecule has 3 aromatic rings. The van der Waals surface area contributed by atoms with E-state index in [1.807, 2.05) is 18.2 Å². The molecule has 1 N–H and O–H groups in total. The molecule has 1 aliphatic carbocycles. The van der Waals surface area contributed by atoms with Gasteiger partial charge in [-0.15, -0.1) is 0 Å². The Hall–Kier alpha value is -2.96. The van der Waals surface area contributed by atoms with E-state index in [2.05, 4.69) is 15.2 Å². The van der Waals surface area contributed by atoms with Crippen molar-refractivity contribution in [2.75, 3.05) is 6.54 Å². The molecule has 0 fully saturated rings. The number of hydrogen-bond donors (Lipinski definition) is 1.